The van der Waals surface area contributed by atoms with Crippen LogP contribution in [-0.2, 0) is 20.0 Å². The highest BCUT2D eigenvalue weighted by molar-refractivity contribution is 8.06. The molecule has 0 spiro atoms. The van der Waals surface area contributed by atoms with Crippen LogP contribution in [0.25, 0.3) is 0 Å². The van der Waals surface area contributed by atoms with Gasteiger partial charge in [-0.1, -0.05) is 27.7 Å². The Labute approximate surface area is 141 Å². The van der Waals surface area contributed by atoms with Gasteiger partial charge in [0.25, 0.3) is 0 Å². The summed E-state index contributed by atoms with van der Waals surface area (Å²) in [6.07, 6.45) is 0. The van der Waals surface area contributed by atoms with Crippen molar-refractivity contribution < 1.29 is 16.8 Å². The van der Waals surface area contributed by atoms with Crippen LogP contribution in [0.5, 0.6) is 0 Å². The molecule has 0 aromatic heterocycles. The molecule has 0 rings (SSSR count). The lowest BCUT2D eigenvalue weighted by Gasteiger charge is -2.19. The third-order valence-corrected chi connectivity index (χ3v) is 7.37. The first-order valence-electron chi connectivity index (χ1n) is 8.09. The molecular weight excluding hydrogens is 340 g/mol. The second kappa shape index (κ2) is 11.3. The summed E-state index contributed by atoms with van der Waals surface area (Å²) >= 11 is 0. The van der Waals surface area contributed by atoms with Gasteiger partial charge in [0, 0.05) is 26.2 Å². The summed E-state index contributed by atoms with van der Waals surface area (Å²) in [5.41, 5.74) is 0. The zero-order chi connectivity index (χ0) is 17.9. The number of hydrogen-bond donors (Lipinski definition) is 2. The third-order valence-electron chi connectivity index (χ3n) is 3.60. The summed E-state index contributed by atoms with van der Waals surface area (Å²) in [4.78, 5) is 4.11. The average molecular weight is 373 g/mol. The molecule has 0 aromatic rings. The zero-order valence-electron chi connectivity index (χ0n) is 14.7. The van der Waals surface area contributed by atoms with Crippen LogP contribution in [-0.4, -0.2) is 84.1 Å². The largest absolute Gasteiger partial charge is 0.303 e. The SMILES string of the molecule is CCN(CC)CCNS(=O)(=O)CS(=O)(=O)NCCN(CC)CC. The van der Waals surface area contributed by atoms with Crippen molar-refractivity contribution in [2.75, 3.05) is 57.4 Å². The van der Waals surface area contributed by atoms with Gasteiger partial charge in [0.15, 0.2) is 5.08 Å². The molecular formula is C13H32N4O4S2. The Morgan fingerprint density at radius 3 is 1.22 bits per heavy atom. The van der Waals surface area contributed by atoms with E-state index in [4.69, 9.17) is 0 Å². The molecule has 0 aromatic carbocycles. The van der Waals surface area contributed by atoms with E-state index < -0.39 is 25.1 Å². The van der Waals surface area contributed by atoms with Gasteiger partial charge in [-0.05, 0) is 26.2 Å². The van der Waals surface area contributed by atoms with Crippen molar-refractivity contribution in [1.82, 2.24) is 19.2 Å². The topological polar surface area (TPSA) is 98.8 Å². The monoisotopic (exact) mass is 372 g/mol. The van der Waals surface area contributed by atoms with Crippen LogP contribution in [0.3, 0.4) is 0 Å². The van der Waals surface area contributed by atoms with Crippen molar-refractivity contribution in [2.24, 2.45) is 0 Å². The van der Waals surface area contributed by atoms with E-state index in [1.165, 1.54) is 0 Å². The number of likely N-dealkylation sites (N-methyl/N-ethyl adjacent to an activating group) is 2. The molecule has 0 aliphatic heterocycles. The predicted molar refractivity (Wildman–Crippen MR) is 94.3 cm³/mol. The maximum Gasteiger partial charge on any atom is 0.227 e. The normalized spacial score (nSPS) is 13.1. The van der Waals surface area contributed by atoms with Crippen LogP contribution in [0.1, 0.15) is 27.7 Å². The zero-order valence-corrected chi connectivity index (χ0v) is 16.3. The third kappa shape index (κ3) is 11.0. The highest BCUT2D eigenvalue weighted by atomic mass is 32.3. The minimum Gasteiger partial charge on any atom is -0.303 e. The molecule has 8 nitrogen and oxygen atoms in total. The van der Waals surface area contributed by atoms with Gasteiger partial charge in [-0.3, -0.25) is 0 Å². The quantitative estimate of drug-likeness (QED) is 0.425. The van der Waals surface area contributed by atoms with E-state index in [1.54, 1.807) is 0 Å². The van der Waals surface area contributed by atoms with E-state index in [0.29, 0.717) is 13.1 Å². The van der Waals surface area contributed by atoms with Crippen molar-refractivity contribution in [1.29, 1.82) is 0 Å². The van der Waals surface area contributed by atoms with Gasteiger partial charge in [0.2, 0.25) is 20.0 Å². The lowest BCUT2D eigenvalue weighted by Crippen LogP contribution is -2.41. The minimum atomic E-state index is -3.85. The van der Waals surface area contributed by atoms with Gasteiger partial charge in [-0.15, -0.1) is 0 Å². The molecule has 0 heterocycles. The molecule has 0 bridgehead atoms. The highest BCUT2D eigenvalue weighted by Gasteiger charge is 2.21. The van der Waals surface area contributed by atoms with Gasteiger partial charge in [0.05, 0.1) is 0 Å². The van der Waals surface area contributed by atoms with Crippen LogP contribution in [0, 0.1) is 0 Å². The fourth-order valence-electron chi connectivity index (χ4n) is 2.09. The molecule has 0 aliphatic rings. The lowest BCUT2D eigenvalue weighted by atomic mass is 10.5. The summed E-state index contributed by atoms with van der Waals surface area (Å²) in [6.45, 7) is 12.8. The molecule has 10 heteroatoms. The molecule has 0 fully saturated rings. The van der Waals surface area contributed by atoms with Gasteiger partial charge >= 0.3 is 0 Å². The van der Waals surface area contributed by atoms with Gasteiger partial charge in [0.1, 0.15) is 0 Å². The molecule has 0 saturated heterocycles. The molecule has 23 heavy (non-hydrogen) atoms. The minimum absolute atomic E-state index is 0.207. The molecule has 0 saturated carbocycles. The highest BCUT2D eigenvalue weighted by Crippen LogP contribution is 1.94. The number of sulfonamides is 2. The summed E-state index contributed by atoms with van der Waals surface area (Å²) in [6, 6.07) is 0. The maximum absolute atomic E-state index is 11.9. The van der Waals surface area contributed by atoms with Gasteiger partial charge in [-0.25, -0.2) is 26.3 Å². The number of nitrogens with one attached hydrogen (secondary N) is 2. The first kappa shape index (κ1) is 22.7. The molecule has 0 unspecified atom stereocenters. The Kier molecular flexibility index (Phi) is 11.2. The molecule has 2 N–H and O–H groups in total. The van der Waals surface area contributed by atoms with Crippen molar-refractivity contribution in [3.05, 3.63) is 0 Å². The Morgan fingerprint density at radius 1 is 0.652 bits per heavy atom. The fourth-order valence-corrected chi connectivity index (χ4v) is 5.19. The van der Waals surface area contributed by atoms with E-state index in [0.717, 1.165) is 26.2 Å². The summed E-state index contributed by atoms with van der Waals surface area (Å²) in [5.74, 6) is 0. The summed E-state index contributed by atoms with van der Waals surface area (Å²) in [5, 5.41) is -0.934. The average Bonchev–Trinajstić information content (AvgIpc) is 2.47. The van der Waals surface area contributed by atoms with E-state index >= 15 is 0 Å². The molecule has 0 aliphatic carbocycles. The van der Waals surface area contributed by atoms with Crippen LogP contribution >= 0.6 is 0 Å². The number of nitrogens with zero attached hydrogens (tertiary/aromatic N) is 2. The Balaban J connectivity index is 4.30. The van der Waals surface area contributed by atoms with E-state index in [2.05, 4.69) is 19.2 Å². The molecule has 0 radical (unpaired) electrons. The van der Waals surface area contributed by atoms with Crippen LogP contribution < -0.4 is 9.44 Å². The maximum atomic E-state index is 11.9. The van der Waals surface area contributed by atoms with Crippen LogP contribution in [0.2, 0.25) is 0 Å². The number of rotatable bonds is 14. The van der Waals surface area contributed by atoms with Crippen molar-refractivity contribution in [3.8, 4) is 0 Å². The van der Waals surface area contributed by atoms with Crippen LogP contribution in [0.15, 0.2) is 0 Å². The first-order valence-corrected chi connectivity index (χ1v) is 11.4. The Bertz CT molecular complexity index is 454. The Hall–Kier alpha value is -0.260. The van der Waals surface area contributed by atoms with Crippen molar-refractivity contribution in [2.45, 2.75) is 27.7 Å². The second-order valence-electron chi connectivity index (χ2n) is 5.19. The lowest BCUT2D eigenvalue weighted by molar-refractivity contribution is 0.308. The summed E-state index contributed by atoms with van der Waals surface area (Å²) < 4.78 is 52.1. The number of hydrogen-bond acceptors (Lipinski definition) is 6. The van der Waals surface area contributed by atoms with Gasteiger partial charge in [-0.2, -0.15) is 0 Å². The first-order chi connectivity index (χ1) is 10.7. The Morgan fingerprint density at radius 2 is 0.957 bits per heavy atom. The van der Waals surface area contributed by atoms with Crippen molar-refractivity contribution >= 4 is 20.0 Å². The van der Waals surface area contributed by atoms with E-state index in [-0.39, 0.29) is 13.1 Å². The molecule has 0 atom stereocenters. The summed E-state index contributed by atoms with van der Waals surface area (Å²) in [7, 11) is -7.71. The molecule has 140 valence electrons. The van der Waals surface area contributed by atoms with Crippen LogP contribution in [0.4, 0.5) is 0 Å². The van der Waals surface area contributed by atoms with E-state index in [9.17, 15) is 16.8 Å². The fraction of sp³-hybridized carbons (Fsp3) is 1.00. The predicted octanol–water partition coefficient (Wildman–Crippen LogP) is -0.534. The standard InChI is InChI=1S/C13H32N4O4S2/c1-5-16(6-2)11-9-14-22(18,19)13-23(20,21)15-10-12-17(7-3)8-4/h14-15H,5-13H2,1-4H3. The smallest absolute Gasteiger partial charge is 0.227 e. The molecule has 0 amide bonds. The van der Waals surface area contributed by atoms with Crippen molar-refractivity contribution in [3.63, 3.8) is 0 Å². The van der Waals surface area contributed by atoms with E-state index in [1.807, 2.05) is 27.7 Å². The van der Waals surface area contributed by atoms with Gasteiger partial charge < -0.3 is 9.80 Å². The second-order valence-corrected chi connectivity index (χ2v) is 9.17.